The predicted molar refractivity (Wildman–Crippen MR) is 106 cm³/mol. The lowest BCUT2D eigenvalue weighted by molar-refractivity contribution is 0.973. The number of benzene rings is 2. The van der Waals surface area contributed by atoms with Crippen LogP contribution in [0, 0.1) is 0 Å². The van der Waals surface area contributed by atoms with Gasteiger partial charge in [-0.3, -0.25) is 4.98 Å². The smallest absolute Gasteiger partial charge is 0.263 e. The molecule has 2 aromatic carbocycles. The predicted octanol–water partition coefficient (Wildman–Crippen LogP) is 4.05. The third kappa shape index (κ3) is 4.01. The molecule has 0 bridgehead atoms. The van der Waals surface area contributed by atoms with Gasteiger partial charge in [0.1, 0.15) is 11.4 Å². The Labute approximate surface area is 156 Å². The van der Waals surface area contributed by atoms with E-state index in [-0.39, 0.29) is 0 Å². The van der Waals surface area contributed by atoms with E-state index in [4.69, 9.17) is 0 Å². The first-order chi connectivity index (χ1) is 13.4. The van der Waals surface area contributed by atoms with Crippen LogP contribution in [0.15, 0.2) is 90.3 Å². The quantitative estimate of drug-likeness (QED) is 0.433. The van der Waals surface area contributed by atoms with Gasteiger partial charge in [0.2, 0.25) is 0 Å². The minimum Gasteiger partial charge on any atom is -0.265 e. The second-order valence-electron chi connectivity index (χ2n) is 5.72. The van der Waals surface area contributed by atoms with Crippen LogP contribution in [0.2, 0.25) is 0 Å². The molecule has 130 valence electrons. The Morgan fingerprint density at radius 3 is 2.00 bits per heavy atom. The van der Waals surface area contributed by atoms with E-state index in [1.807, 2.05) is 72.8 Å². The molecule has 0 amide bonds. The van der Waals surface area contributed by atoms with E-state index in [1.165, 1.54) is 0 Å². The van der Waals surface area contributed by atoms with Gasteiger partial charge >= 0.3 is 0 Å². The molecule has 0 saturated carbocycles. The first kappa shape index (κ1) is 16.5. The molecule has 6 nitrogen and oxygen atoms in total. The summed E-state index contributed by atoms with van der Waals surface area (Å²) < 4.78 is 0. The Morgan fingerprint density at radius 1 is 0.704 bits per heavy atom. The van der Waals surface area contributed by atoms with Crippen LogP contribution in [-0.4, -0.2) is 26.4 Å². The number of anilines is 1. The van der Waals surface area contributed by atoms with Crippen LogP contribution < -0.4 is 5.43 Å². The molecule has 0 fully saturated rings. The third-order valence-electron chi connectivity index (χ3n) is 3.87. The van der Waals surface area contributed by atoms with E-state index in [1.54, 1.807) is 18.6 Å². The molecule has 0 aliphatic heterocycles. The van der Waals surface area contributed by atoms with Crippen molar-refractivity contribution in [2.75, 3.05) is 5.43 Å². The Bertz CT molecular complexity index is 1030. The van der Waals surface area contributed by atoms with Crippen molar-refractivity contribution in [2.45, 2.75) is 0 Å². The molecular formula is C21H16N6. The zero-order valence-electron chi connectivity index (χ0n) is 14.4. The molecule has 0 saturated heterocycles. The first-order valence-electron chi connectivity index (χ1n) is 8.45. The van der Waals surface area contributed by atoms with E-state index >= 15 is 0 Å². The number of aromatic nitrogens is 4. The molecule has 0 unspecified atom stereocenters. The van der Waals surface area contributed by atoms with Gasteiger partial charge in [-0.15, -0.1) is 10.2 Å². The molecular weight excluding hydrogens is 336 g/mol. The van der Waals surface area contributed by atoms with E-state index in [0.29, 0.717) is 5.95 Å². The van der Waals surface area contributed by atoms with Crippen LogP contribution in [0.4, 0.5) is 5.95 Å². The van der Waals surface area contributed by atoms with Crippen molar-refractivity contribution in [2.24, 2.45) is 5.10 Å². The van der Waals surface area contributed by atoms with E-state index in [0.717, 1.165) is 28.1 Å². The van der Waals surface area contributed by atoms with Crippen molar-refractivity contribution in [1.82, 2.24) is 20.2 Å². The molecule has 0 aliphatic carbocycles. The lowest BCUT2D eigenvalue weighted by atomic mass is 10.0. The number of hydrazone groups is 1. The zero-order chi connectivity index (χ0) is 18.3. The van der Waals surface area contributed by atoms with Crippen LogP contribution in [0.5, 0.6) is 0 Å². The van der Waals surface area contributed by atoms with Gasteiger partial charge in [-0.2, -0.15) is 5.10 Å². The molecule has 0 atom stereocenters. The SMILES string of the molecule is C(=N/Nc1nnc(-c2ccccc2)c(-c2ccccc2)n1)/c1ccncc1. The molecule has 0 radical (unpaired) electrons. The zero-order valence-corrected chi connectivity index (χ0v) is 14.4. The van der Waals surface area contributed by atoms with Crippen molar-refractivity contribution in [1.29, 1.82) is 0 Å². The van der Waals surface area contributed by atoms with Gasteiger partial charge in [-0.1, -0.05) is 60.7 Å². The monoisotopic (exact) mass is 352 g/mol. The number of pyridine rings is 1. The number of rotatable bonds is 5. The fourth-order valence-corrected chi connectivity index (χ4v) is 2.58. The van der Waals surface area contributed by atoms with E-state index in [9.17, 15) is 0 Å². The minimum absolute atomic E-state index is 0.332. The van der Waals surface area contributed by atoms with Crippen LogP contribution in [-0.2, 0) is 0 Å². The highest BCUT2D eigenvalue weighted by Crippen LogP contribution is 2.28. The molecule has 1 N–H and O–H groups in total. The van der Waals surface area contributed by atoms with Crippen LogP contribution in [0.1, 0.15) is 5.56 Å². The van der Waals surface area contributed by atoms with Gasteiger partial charge in [0.25, 0.3) is 5.95 Å². The number of nitrogens with one attached hydrogen (secondary N) is 1. The summed E-state index contributed by atoms with van der Waals surface area (Å²) in [4.78, 5) is 8.62. The van der Waals surface area contributed by atoms with Crippen molar-refractivity contribution >= 4 is 12.2 Å². The average Bonchev–Trinajstić information content (AvgIpc) is 2.76. The van der Waals surface area contributed by atoms with Gasteiger partial charge < -0.3 is 0 Å². The van der Waals surface area contributed by atoms with Gasteiger partial charge in [0.15, 0.2) is 0 Å². The standard InChI is InChI=1S/C21H16N6/c1-3-7-17(8-4-1)19-20(18-9-5-2-6-10-18)25-27-21(24-19)26-23-15-16-11-13-22-14-12-16/h1-15H,(H,24,26,27)/b23-15-. The summed E-state index contributed by atoms with van der Waals surface area (Å²) >= 11 is 0. The largest absolute Gasteiger partial charge is 0.265 e. The van der Waals surface area contributed by atoms with Crippen molar-refractivity contribution in [3.8, 4) is 22.5 Å². The highest BCUT2D eigenvalue weighted by molar-refractivity contribution is 5.80. The van der Waals surface area contributed by atoms with Crippen LogP contribution >= 0.6 is 0 Å². The lowest BCUT2D eigenvalue weighted by Crippen LogP contribution is -2.03. The molecule has 0 spiro atoms. The topological polar surface area (TPSA) is 76.0 Å². The Morgan fingerprint density at radius 2 is 1.33 bits per heavy atom. The van der Waals surface area contributed by atoms with E-state index < -0.39 is 0 Å². The van der Waals surface area contributed by atoms with Crippen molar-refractivity contribution in [3.63, 3.8) is 0 Å². The van der Waals surface area contributed by atoms with E-state index in [2.05, 4.69) is 30.7 Å². The van der Waals surface area contributed by atoms with Crippen LogP contribution in [0.25, 0.3) is 22.5 Å². The summed E-state index contributed by atoms with van der Waals surface area (Å²) in [6.07, 6.45) is 5.10. The van der Waals surface area contributed by atoms with Crippen LogP contribution in [0.3, 0.4) is 0 Å². The van der Waals surface area contributed by atoms with Gasteiger partial charge in [-0.05, 0) is 17.7 Å². The van der Waals surface area contributed by atoms with Crippen molar-refractivity contribution in [3.05, 3.63) is 90.8 Å². The second kappa shape index (κ2) is 7.97. The lowest BCUT2D eigenvalue weighted by Gasteiger charge is -2.09. The summed E-state index contributed by atoms with van der Waals surface area (Å²) in [6.45, 7) is 0. The molecule has 4 rings (SSSR count). The Kier molecular flexibility index (Phi) is 4.88. The summed E-state index contributed by atoms with van der Waals surface area (Å²) in [5.74, 6) is 0.332. The number of hydrogen-bond acceptors (Lipinski definition) is 6. The fraction of sp³-hybridized carbons (Fsp3) is 0. The normalized spacial score (nSPS) is 10.8. The Balaban J connectivity index is 1.68. The molecule has 4 aromatic rings. The molecule has 2 aromatic heterocycles. The first-order valence-corrected chi connectivity index (χ1v) is 8.45. The summed E-state index contributed by atoms with van der Waals surface area (Å²) in [7, 11) is 0. The van der Waals surface area contributed by atoms with Gasteiger partial charge in [0, 0.05) is 23.5 Å². The summed E-state index contributed by atoms with van der Waals surface area (Å²) in [5, 5.41) is 12.7. The fourth-order valence-electron chi connectivity index (χ4n) is 2.58. The molecule has 6 heteroatoms. The number of nitrogens with zero attached hydrogens (tertiary/aromatic N) is 5. The highest BCUT2D eigenvalue weighted by atomic mass is 15.4. The summed E-state index contributed by atoms with van der Waals surface area (Å²) in [5.41, 5.74) is 7.17. The maximum absolute atomic E-state index is 4.64. The molecule has 27 heavy (non-hydrogen) atoms. The van der Waals surface area contributed by atoms with Gasteiger partial charge in [0.05, 0.1) is 6.21 Å². The highest BCUT2D eigenvalue weighted by Gasteiger charge is 2.13. The van der Waals surface area contributed by atoms with Crippen molar-refractivity contribution < 1.29 is 0 Å². The second-order valence-corrected chi connectivity index (χ2v) is 5.72. The maximum atomic E-state index is 4.64. The summed E-state index contributed by atoms with van der Waals surface area (Å²) in [6, 6.07) is 23.5. The average molecular weight is 352 g/mol. The Hall–Kier alpha value is -3.93. The van der Waals surface area contributed by atoms with Gasteiger partial charge in [-0.25, -0.2) is 10.4 Å². The molecule has 0 aliphatic rings. The maximum Gasteiger partial charge on any atom is 0.263 e. The third-order valence-corrected chi connectivity index (χ3v) is 3.87. The number of hydrogen-bond donors (Lipinski definition) is 1. The molecule has 2 heterocycles. The minimum atomic E-state index is 0.332.